The first-order chi connectivity index (χ1) is 10.3. The van der Waals surface area contributed by atoms with Crippen molar-refractivity contribution in [1.29, 1.82) is 0 Å². The third-order valence-corrected chi connectivity index (χ3v) is 5.97. The molecule has 0 saturated carbocycles. The Morgan fingerprint density at radius 3 is 2.86 bits per heavy atom. The molecule has 0 bridgehead atoms. The highest BCUT2D eigenvalue weighted by molar-refractivity contribution is 7.89. The van der Waals surface area contributed by atoms with Crippen LogP contribution in [0.4, 0.5) is 4.39 Å². The summed E-state index contributed by atoms with van der Waals surface area (Å²) in [6.45, 7) is 6.50. The summed E-state index contributed by atoms with van der Waals surface area (Å²) in [7, 11) is -3.73. The van der Waals surface area contributed by atoms with Gasteiger partial charge in [0.1, 0.15) is 10.7 Å². The predicted octanol–water partition coefficient (Wildman–Crippen LogP) is 2.88. The van der Waals surface area contributed by atoms with Gasteiger partial charge in [0.05, 0.1) is 5.02 Å². The molecule has 0 unspecified atom stereocenters. The maximum atomic E-state index is 13.0. The van der Waals surface area contributed by atoms with E-state index in [1.54, 1.807) is 0 Å². The lowest BCUT2D eigenvalue weighted by Crippen LogP contribution is -2.46. The van der Waals surface area contributed by atoms with E-state index in [1.807, 2.05) is 6.92 Å². The second-order valence-corrected chi connectivity index (χ2v) is 8.16. The van der Waals surface area contributed by atoms with Crippen molar-refractivity contribution < 1.29 is 12.8 Å². The van der Waals surface area contributed by atoms with Crippen molar-refractivity contribution in [2.45, 2.75) is 37.6 Å². The van der Waals surface area contributed by atoms with Gasteiger partial charge in [-0.3, -0.25) is 4.90 Å². The van der Waals surface area contributed by atoms with Crippen molar-refractivity contribution in [1.82, 2.24) is 9.62 Å². The average Bonchev–Trinajstić information content (AvgIpc) is 2.44. The second kappa shape index (κ2) is 7.25. The van der Waals surface area contributed by atoms with Crippen LogP contribution >= 0.6 is 11.6 Å². The van der Waals surface area contributed by atoms with Crippen LogP contribution in [0.1, 0.15) is 26.7 Å². The molecule has 0 aromatic heterocycles. The van der Waals surface area contributed by atoms with E-state index in [2.05, 4.69) is 16.5 Å². The maximum absolute atomic E-state index is 13.0. The first kappa shape index (κ1) is 17.7. The average molecular weight is 349 g/mol. The minimum Gasteiger partial charge on any atom is -0.299 e. The van der Waals surface area contributed by atoms with Crippen molar-refractivity contribution >= 4 is 21.6 Å². The van der Waals surface area contributed by atoms with Crippen LogP contribution in [0, 0.1) is 11.7 Å². The van der Waals surface area contributed by atoms with E-state index < -0.39 is 15.8 Å². The monoisotopic (exact) mass is 348 g/mol. The van der Waals surface area contributed by atoms with E-state index in [0.717, 1.165) is 31.6 Å². The van der Waals surface area contributed by atoms with Gasteiger partial charge in [0.25, 0.3) is 0 Å². The molecule has 1 saturated heterocycles. The van der Waals surface area contributed by atoms with Gasteiger partial charge in [-0.1, -0.05) is 18.5 Å². The highest BCUT2D eigenvalue weighted by Gasteiger charge is 2.24. The molecule has 22 heavy (non-hydrogen) atoms. The van der Waals surface area contributed by atoms with Gasteiger partial charge in [0, 0.05) is 19.1 Å². The smallest absolute Gasteiger partial charge is 0.242 e. The summed E-state index contributed by atoms with van der Waals surface area (Å²) in [5, 5.41) is -0.105. The molecule has 1 aliphatic rings. The lowest BCUT2D eigenvalue weighted by Gasteiger charge is -2.35. The van der Waals surface area contributed by atoms with E-state index in [1.165, 1.54) is 12.5 Å². The standard InChI is InChI=1S/C15H22ClFN2O2S/c1-11-4-3-7-19(10-11)12(2)9-18-22(20,21)15-6-5-13(17)8-14(15)16/h5-6,8,11-12,18H,3-4,7,9-10H2,1-2H3/t11-,12-/m1/s1. The summed E-state index contributed by atoms with van der Waals surface area (Å²) in [6, 6.07) is 3.40. The molecule has 1 aromatic rings. The number of nitrogens with zero attached hydrogens (tertiary/aromatic N) is 1. The molecule has 2 rings (SSSR count). The molecule has 0 aliphatic carbocycles. The summed E-state index contributed by atoms with van der Waals surface area (Å²) in [5.74, 6) is 0.0824. The number of halogens is 2. The Morgan fingerprint density at radius 1 is 1.50 bits per heavy atom. The molecule has 2 atom stereocenters. The van der Waals surface area contributed by atoms with Gasteiger partial charge < -0.3 is 0 Å². The highest BCUT2D eigenvalue weighted by Crippen LogP contribution is 2.22. The maximum Gasteiger partial charge on any atom is 0.242 e. The molecule has 124 valence electrons. The number of piperidine rings is 1. The topological polar surface area (TPSA) is 49.4 Å². The molecule has 1 aromatic carbocycles. The Morgan fingerprint density at radius 2 is 2.23 bits per heavy atom. The van der Waals surface area contributed by atoms with E-state index in [9.17, 15) is 12.8 Å². The third-order valence-electron chi connectivity index (χ3n) is 4.06. The minimum absolute atomic E-state index is 0.0882. The predicted molar refractivity (Wildman–Crippen MR) is 86.0 cm³/mol. The fraction of sp³-hybridized carbons (Fsp3) is 0.600. The molecule has 1 heterocycles. The number of rotatable bonds is 5. The molecule has 1 fully saturated rings. The number of sulfonamides is 1. The van der Waals surface area contributed by atoms with Crippen LogP contribution in [0.25, 0.3) is 0 Å². The van der Waals surface area contributed by atoms with Crippen LogP contribution in [0.2, 0.25) is 5.02 Å². The van der Waals surface area contributed by atoms with Gasteiger partial charge in [-0.2, -0.15) is 0 Å². The molecule has 0 amide bonds. The van der Waals surface area contributed by atoms with E-state index in [0.29, 0.717) is 12.5 Å². The van der Waals surface area contributed by atoms with Gasteiger partial charge in [-0.15, -0.1) is 0 Å². The fourth-order valence-electron chi connectivity index (χ4n) is 2.76. The largest absolute Gasteiger partial charge is 0.299 e. The van der Waals surface area contributed by atoms with Crippen LogP contribution in [0.5, 0.6) is 0 Å². The zero-order valence-electron chi connectivity index (χ0n) is 12.9. The van der Waals surface area contributed by atoms with Crippen molar-refractivity contribution in [2.24, 2.45) is 5.92 Å². The summed E-state index contributed by atoms with van der Waals surface area (Å²) in [6.07, 6.45) is 2.36. The molecular weight excluding hydrogens is 327 g/mol. The zero-order valence-corrected chi connectivity index (χ0v) is 14.4. The third kappa shape index (κ3) is 4.41. The second-order valence-electron chi connectivity index (χ2n) is 6.02. The van der Waals surface area contributed by atoms with E-state index >= 15 is 0 Å². The van der Waals surface area contributed by atoms with Gasteiger partial charge in [0.2, 0.25) is 10.0 Å². The Kier molecular flexibility index (Phi) is 5.82. The Labute approximate surface area is 136 Å². The number of hydrogen-bond donors (Lipinski definition) is 1. The molecule has 0 radical (unpaired) electrons. The van der Waals surface area contributed by atoms with Gasteiger partial charge in [-0.05, 0) is 50.4 Å². The van der Waals surface area contributed by atoms with Crippen LogP contribution in [0.15, 0.2) is 23.1 Å². The first-order valence-electron chi connectivity index (χ1n) is 7.48. The summed E-state index contributed by atoms with van der Waals surface area (Å²) < 4.78 is 40.2. The highest BCUT2D eigenvalue weighted by atomic mass is 35.5. The van der Waals surface area contributed by atoms with E-state index in [-0.39, 0.29) is 16.0 Å². The van der Waals surface area contributed by atoms with Crippen LogP contribution in [-0.2, 0) is 10.0 Å². The summed E-state index contributed by atoms with van der Waals surface area (Å²) >= 11 is 5.83. The Bertz CT molecular complexity index is 624. The summed E-state index contributed by atoms with van der Waals surface area (Å²) in [5.41, 5.74) is 0. The summed E-state index contributed by atoms with van der Waals surface area (Å²) in [4.78, 5) is 2.21. The van der Waals surface area contributed by atoms with Gasteiger partial charge in [-0.25, -0.2) is 17.5 Å². The number of hydrogen-bond acceptors (Lipinski definition) is 3. The molecule has 1 N–H and O–H groups in total. The number of likely N-dealkylation sites (tertiary alicyclic amines) is 1. The molecule has 0 spiro atoms. The Hall–Kier alpha value is -0.690. The van der Waals surface area contributed by atoms with Crippen LogP contribution in [0.3, 0.4) is 0 Å². The molecular formula is C15H22ClFN2O2S. The SMILES string of the molecule is C[C@@H]1CCCN([C@H](C)CNS(=O)(=O)c2ccc(F)cc2Cl)C1. The van der Waals surface area contributed by atoms with Crippen molar-refractivity contribution in [3.8, 4) is 0 Å². The first-order valence-corrected chi connectivity index (χ1v) is 9.34. The molecule has 1 aliphatic heterocycles. The Balaban J connectivity index is 2.00. The zero-order chi connectivity index (χ0) is 16.3. The van der Waals surface area contributed by atoms with Crippen LogP contribution in [-0.4, -0.2) is 39.0 Å². The van der Waals surface area contributed by atoms with E-state index in [4.69, 9.17) is 11.6 Å². The van der Waals surface area contributed by atoms with Crippen molar-refractivity contribution in [3.05, 3.63) is 29.0 Å². The van der Waals surface area contributed by atoms with Gasteiger partial charge in [0.15, 0.2) is 0 Å². The fourth-order valence-corrected chi connectivity index (χ4v) is 4.41. The lowest BCUT2D eigenvalue weighted by molar-refractivity contribution is 0.140. The normalized spacial score (nSPS) is 21.7. The van der Waals surface area contributed by atoms with Crippen LogP contribution < -0.4 is 4.72 Å². The molecule has 7 heteroatoms. The quantitative estimate of drug-likeness (QED) is 0.890. The minimum atomic E-state index is -3.73. The van der Waals surface area contributed by atoms with Crippen molar-refractivity contribution in [2.75, 3.05) is 19.6 Å². The number of nitrogens with one attached hydrogen (secondary N) is 1. The van der Waals surface area contributed by atoms with Crippen molar-refractivity contribution in [3.63, 3.8) is 0 Å². The molecule has 4 nitrogen and oxygen atoms in total. The lowest BCUT2D eigenvalue weighted by atomic mass is 9.99. The number of benzene rings is 1. The van der Waals surface area contributed by atoms with Gasteiger partial charge >= 0.3 is 0 Å².